The van der Waals surface area contributed by atoms with Crippen molar-refractivity contribution in [3.63, 3.8) is 0 Å². The average Bonchev–Trinajstić information content (AvgIpc) is 3.30. The molecule has 0 saturated heterocycles. The molecule has 0 radical (unpaired) electrons. The predicted molar refractivity (Wildman–Crippen MR) is 98.3 cm³/mol. The Kier molecular flexibility index (Phi) is 3.59. The number of fused-ring (bicyclic) bond motifs is 5. The molecule has 0 unspecified atom stereocenters. The maximum Gasteiger partial charge on any atom is 0.435 e. The lowest BCUT2D eigenvalue weighted by Crippen LogP contribution is -2.11. The standard InChI is InChI=1S/C18H13BrF3N5/c19-12-5-13-14(10-6-23-26-16(10)12)8-3-1-2-4-9(8)15(25-13)11-7-24-27-17(11)18(20,21)22/h5-7H,1-4H2,(H,23,26)(H,24,27). The monoisotopic (exact) mass is 435 g/mol. The highest BCUT2D eigenvalue weighted by Crippen LogP contribution is 2.42. The molecule has 0 saturated carbocycles. The second kappa shape index (κ2) is 5.79. The molecule has 3 heterocycles. The zero-order valence-corrected chi connectivity index (χ0v) is 15.5. The molecular weight excluding hydrogens is 423 g/mol. The van der Waals surface area contributed by atoms with Crippen LogP contribution in [0.1, 0.15) is 29.7 Å². The fourth-order valence-electron chi connectivity index (χ4n) is 4.01. The first-order chi connectivity index (χ1) is 12.9. The third-order valence-corrected chi connectivity index (χ3v) is 5.74. The molecule has 1 aromatic carbocycles. The van der Waals surface area contributed by atoms with Gasteiger partial charge in [-0.15, -0.1) is 0 Å². The molecule has 27 heavy (non-hydrogen) atoms. The fraction of sp³-hybridized carbons (Fsp3) is 0.278. The van der Waals surface area contributed by atoms with Crippen molar-refractivity contribution in [1.82, 2.24) is 25.4 Å². The second-order valence-corrected chi connectivity index (χ2v) is 7.54. The summed E-state index contributed by atoms with van der Waals surface area (Å²) in [5.41, 5.74) is 2.91. The molecule has 1 aliphatic carbocycles. The first-order valence-electron chi connectivity index (χ1n) is 8.53. The van der Waals surface area contributed by atoms with E-state index in [2.05, 4.69) is 41.3 Å². The van der Waals surface area contributed by atoms with Gasteiger partial charge in [-0.2, -0.15) is 23.4 Å². The number of pyridine rings is 1. The van der Waals surface area contributed by atoms with Crippen LogP contribution in [0.25, 0.3) is 33.1 Å². The van der Waals surface area contributed by atoms with E-state index in [0.717, 1.165) is 51.2 Å². The Labute approximate surface area is 159 Å². The molecule has 0 fully saturated rings. The van der Waals surface area contributed by atoms with Crippen molar-refractivity contribution in [2.75, 3.05) is 0 Å². The summed E-state index contributed by atoms with van der Waals surface area (Å²) in [5, 5.41) is 14.8. The Hall–Kier alpha value is -2.42. The zero-order chi connectivity index (χ0) is 18.8. The fourth-order valence-corrected chi connectivity index (χ4v) is 4.52. The normalized spacial score (nSPS) is 14.8. The molecule has 0 amide bonds. The number of aryl methyl sites for hydroxylation is 1. The van der Waals surface area contributed by atoms with Crippen LogP contribution in [0.4, 0.5) is 13.2 Å². The number of halogens is 4. The molecule has 5 rings (SSSR count). The van der Waals surface area contributed by atoms with Gasteiger partial charge >= 0.3 is 6.18 Å². The quantitative estimate of drug-likeness (QED) is 0.433. The number of nitrogens with zero attached hydrogens (tertiary/aromatic N) is 3. The summed E-state index contributed by atoms with van der Waals surface area (Å²) in [6, 6.07) is 1.83. The van der Waals surface area contributed by atoms with E-state index in [1.165, 1.54) is 6.20 Å². The van der Waals surface area contributed by atoms with Crippen LogP contribution in [0.15, 0.2) is 22.9 Å². The van der Waals surface area contributed by atoms with Crippen molar-refractivity contribution < 1.29 is 13.2 Å². The van der Waals surface area contributed by atoms with Crippen LogP contribution in [0.5, 0.6) is 0 Å². The third-order valence-electron chi connectivity index (χ3n) is 5.12. The van der Waals surface area contributed by atoms with Gasteiger partial charge in [0.1, 0.15) is 0 Å². The van der Waals surface area contributed by atoms with Crippen LogP contribution in [0.2, 0.25) is 0 Å². The van der Waals surface area contributed by atoms with Crippen molar-refractivity contribution in [2.45, 2.75) is 31.9 Å². The van der Waals surface area contributed by atoms with E-state index in [1.807, 2.05) is 6.07 Å². The van der Waals surface area contributed by atoms with E-state index in [9.17, 15) is 13.2 Å². The number of H-pyrrole nitrogens is 2. The lowest BCUT2D eigenvalue weighted by atomic mass is 9.85. The number of hydrogen-bond acceptors (Lipinski definition) is 3. The number of hydrogen-bond donors (Lipinski definition) is 2. The first-order valence-corrected chi connectivity index (χ1v) is 9.33. The van der Waals surface area contributed by atoms with Crippen LogP contribution in [-0.4, -0.2) is 25.4 Å². The smallest absolute Gasteiger partial charge is 0.284 e. The molecule has 0 spiro atoms. The van der Waals surface area contributed by atoms with Gasteiger partial charge in [-0.05, 0) is 58.8 Å². The highest BCUT2D eigenvalue weighted by atomic mass is 79.9. The van der Waals surface area contributed by atoms with Gasteiger partial charge in [0.25, 0.3) is 0 Å². The van der Waals surface area contributed by atoms with Crippen LogP contribution < -0.4 is 0 Å². The minimum atomic E-state index is -4.54. The van der Waals surface area contributed by atoms with Gasteiger partial charge in [-0.3, -0.25) is 10.2 Å². The van der Waals surface area contributed by atoms with Gasteiger partial charge in [0, 0.05) is 21.4 Å². The van der Waals surface area contributed by atoms with Gasteiger partial charge in [-0.1, -0.05) is 0 Å². The lowest BCUT2D eigenvalue weighted by Gasteiger charge is -2.22. The van der Waals surface area contributed by atoms with Crippen molar-refractivity contribution in [3.05, 3.63) is 39.8 Å². The zero-order valence-electron chi connectivity index (χ0n) is 13.9. The number of aromatic nitrogens is 5. The summed E-state index contributed by atoms with van der Waals surface area (Å²) >= 11 is 3.50. The first kappa shape index (κ1) is 16.7. The van der Waals surface area contributed by atoms with Crippen LogP contribution in [0.3, 0.4) is 0 Å². The van der Waals surface area contributed by atoms with Crippen molar-refractivity contribution in [1.29, 1.82) is 0 Å². The van der Waals surface area contributed by atoms with E-state index >= 15 is 0 Å². The summed E-state index contributed by atoms with van der Waals surface area (Å²) in [6.45, 7) is 0. The van der Waals surface area contributed by atoms with E-state index < -0.39 is 11.9 Å². The molecule has 3 aromatic heterocycles. The lowest BCUT2D eigenvalue weighted by molar-refractivity contribution is -0.140. The Morgan fingerprint density at radius 1 is 1.11 bits per heavy atom. The van der Waals surface area contributed by atoms with E-state index in [1.54, 1.807) is 6.20 Å². The number of alkyl halides is 3. The minimum Gasteiger partial charge on any atom is -0.284 e. The van der Waals surface area contributed by atoms with Gasteiger partial charge in [0.15, 0.2) is 5.69 Å². The molecule has 2 N–H and O–H groups in total. The highest BCUT2D eigenvalue weighted by molar-refractivity contribution is 9.10. The number of rotatable bonds is 1. The summed E-state index contributed by atoms with van der Waals surface area (Å²) in [5.74, 6) is 0. The maximum absolute atomic E-state index is 13.4. The predicted octanol–water partition coefficient (Wildman–Crippen LogP) is 5.16. The summed E-state index contributed by atoms with van der Waals surface area (Å²) in [4.78, 5) is 4.66. The van der Waals surface area contributed by atoms with Gasteiger partial charge in [0.2, 0.25) is 0 Å². The molecule has 0 aliphatic heterocycles. The van der Waals surface area contributed by atoms with Crippen molar-refractivity contribution in [2.24, 2.45) is 0 Å². The van der Waals surface area contributed by atoms with Gasteiger partial charge in [-0.25, -0.2) is 4.98 Å². The summed E-state index contributed by atoms with van der Waals surface area (Å²) in [7, 11) is 0. The SMILES string of the molecule is FC(F)(F)c1n[nH]cc1-c1nc2cc(Br)c3[nH]ncc3c2c2c1CCCC2. The minimum absolute atomic E-state index is 0.00552. The molecule has 0 bridgehead atoms. The largest absolute Gasteiger partial charge is 0.435 e. The number of aromatic amines is 2. The molecule has 0 atom stereocenters. The molecule has 1 aliphatic rings. The third kappa shape index (κ3) is 2.48. The Morgan fingerprint density at radius 3 is 2.67 bits per heavy atom. The molecule has 4 aromatic rings. The van der Waals surface area contributed by atoms with Crippen LogP contribution in [-0.2, 0) is 19.0 Å². The summed E-state index contributed by atoms with van der Waals surface area (Å²) < 4.78 is 41.0. The van der Waals surface area contributed by atoms with Gasteiger partial charge in [0.05, 0.1) is 28.5 Å². The van der Waals surface area contributed by atoms with E-state index in [0.29, 0.717) is 17.6 Å². The molecule has 5 nitrogen and oxygen atoms in total. The average molecular weight is 436 g/mol. The highest BCUT2D eigenvalue weighted by Gasteiger charge is 2.38. The molecular formula is C18H13BrF3N5. The maximum atomic E-state index is 13.4. The summed E-state index contributed by atoms with van der Waals surface area (Å²) in [6.07, 6.45) is 1.93. The van der Waals surface area contributed by atoms with E-state index in [-0.39, 0.29) is 5.56 Å². The van der Waals surface area contributed by atoms with Crippen molar-refractivity contribution in [3.8, 4) is 11.3 Å². The van der Waals surface area contributed by atoms with Crippen LogP contribution in [0, 0.1) is 0 Å². The number of benzene rings is 1. The Balaban J connectivity index is 1.90. The molecule has 9 heteroatoms. The molecule has 138 valence electrons. The Morgan fingerprint density at radius 2 is 1.89 bits per heavy atom. The van der Waals surface area contributed by atoms with Crippen LogP contribution >= 0.6 is 15.9 Å². The number of nitrogens with one attached hydrogen (secondary N) is 2. The van der Waals surface area contributed by atoms with Crippen molar-refractivity contribution >= 4 is 37.7 Å². The van der Waals surface area contributed by atoms with Gasteiger partial charge < -0.3 is 0 Å². The second-order valence-electron chi connectivity index (χ2n) is 6.68. The van der Waals surface area contributed by atoms with E-state index in [4.69, 9.17) is 0 Å². The topological polar surface area (TPSA) is 70.2 Å². The Bertz CT molecular complexity index is 1190.